The number of hydrogen-bond acceptors (Lipinski definition) is 1. The molecule has 0 bridgehead atoms. The summed E-state index contributed by atoms with van der Waals surface area (Å²) < 4.78 is 0. The second kappa shape index (κ2) is 6.70. The number of ketones is 1. The molecule has 1 nitrogen and oxygen atoms in total. The molecule has 0 amide bonds. The van der Waals surface area contributed by atoms with Crippen molar-refractivity contribution >= 4 is 11.4 Å². The molecule has 0 heterocycles. The Morgan fingerprint density at radius 1 is 1.11 bits per heavy atom. The van der Waals surface area contributed by atoms with E-state index >= 15 is 0 Å². The maximum Gasteiger partial charge on any atom is 0.159 e. The maximum absolute atomic E-state index is 12.0. The van der Waals surface area contributed by atoms with E-state index in [-0.39, 0.29) is 0 Å². The topological polar surface area (TPSA) is 17.1 Å². The molecule has 0 N–H and O–H groups in total. The zero-order chi connectivity index (χ0) is 13.7. The molecule has 0 radical (unpaired) electrons. The number of hydrogen-bond donors (Lipinski definition) is 0. The van der Waals surface area contributed by atoms with E-state index in [0.29, 0.717) is 11.7 Å². The lowest BCUT2D eigenvalue weighted by Crippen LogP contribution is -2.01. The molecule has 19 heavy (non-hydrogen) atoms. The normalized spacial score (nSPS) is 19.3. The van der Waals surface area contributed by atoms with Crippen LogP contribution in [0.5, 0.6) is 0 Å². The first-order valence-electron chi connectivity index (χ1n) is 7.53. The maximum atomic E-state index is 12.0. The van der Waals surface area contributed by atoms with Gasteiger partial charge in [-0.1, -0.05) is 62.9 Å². The van der Waals surface area contributed by atoms with Crippen molar-refractivity contribution in [1.82, 2.24) is 0 Å². The van der Waals surface area contributed by atoms with Crippen molar-refractivity contribution in [3.63, 3.8) is 0 Å². The fraction of sp³-hybridized carbons (Fsp3) is 0.500. The van der Waals surface area contributed by atoms with Gasteiger partial charge in [-0.25, -0.2) is 0 Å². The van der Waals surface area contributed by atoms with Crippen molar-refractivity contribution in [1.29, 1.82) is 0 Å². The second-order valence-corrected chi connectivity index (χ2v) is 5.58. The number of allylic oxidation sites excluding steroid dienone is 2. The van der Waals surface area contributed by atoms with Gasteiger partial charge in [0.25, 0.3) is 0 Å². The van der Waals surface area contributed by atoms with Gasteiger partial charge >= 0.3 is 0 Å². The molecule has 0 spiro atoms. The van der Waals surface area contributed by atoms with Crippen molar-refractivity contribution in [2.45, 2.75) is 52.4 Å². The highest BCUT2D eigenvalue weighted by atomic mass is 16.1. The smallest absolute Gasteiger partial charge is 0.159 e. The second-order valence-electron chi connectivity index (χ2n) is 5.58. The third-order valence-electron chi connectivity index (χ3n) is 4.15. The van der Waals surface area contributed by atoms with E-state index in [1.165, 1.54) is 36.8 Å². The highest BCUT2D eigenvalue weighted by Gasteiger charge is 2.29. The fourth-order valence-electron chi connectivity index (χ4n) is 3.07. The van der Waals surface area contributed by atoms with Crippen LogP contribution >= 0.6 is 0 Å². The van der Waals surface area contributed by atoms with Crippen LogP contribution in [0.25, 0.3) is 5.57 Å². The molecular weight excluding hydrogens is 232 g/mol. The Morgan fingerprint density at radius 2 is 1.84 bits per heavy atom. The van der Waals surface area contributed by atoms with Crippen LogP contribution in [-0.2, 0) is 4.79 Å². The predicted octanol–water partition coefficient (Wildman–Crippen LogP) is 5.02. The largest absolute Gasteiger partial charge is 0.295 e. The van der Waals surface area contributed by atoms with E-state index in [0.717, 1.165) is 18.4 Å². The Labute approximate surface area is 116 Å². The van der Waals surface area contributed by atoms with Crippen LogP contribution in [0.15, 0.2) is 35.9 Å². The molecule has 1 aromatic rings. The summed E-state index contributed by atoms with van der Waals surface area (Å²) in [5.41, 5.74) is 3.54. The van der Waals surface area contributed by atoms with Gasteiger partial charge in [0.15, 0.2) is 5.78 Å². The molecular formula is C18H24O. The number of benzene rings is 1. The van der Waals surface area contributed by atoms with E-state index in [9.17, 15) is 4.79 Å². The van der Waals surface area contributed by atoms with Crippen LogP contribution < -0.4 is 0 Å². The first kappa shape index (κ1) is 14.0. The highest BCUT2D eigenvalue weighted by molar-refractivity contribution is 6.07. The summed E-state index contributed by atoms with van der Waals surface area (Å²) in [7, 11) is 0. The summed E-state index contributed by atoms with van der Waals surface area (Å²) in [5.74, 6) is 0.797. The molecule has 1 aliphatic rings. The zero-order valence-corrected chi connectivity index (χ0v) is 12.1. The molecule has 1 atom stereocenters. The average Bonchev–Trinajstić information content (AvgIpc) is 2.71. The van der Waals surface area contributed by atoms with Crippen LogP contribution in [0.2, 0.25) is 0 Å². The number of carbonyl (C=O) groups is 1. The molecule has 0 saturated heterocycles. The Bertz CT molecular complexity index is 456. The minimum Gasteiger partial charge on any atom is -0.295 e. The quantitative estimate of drug-likeness (QED) is 0.653. The van der Waals surface area contributed by atoms with Gasteiger partial charge in [-0.15, -0.1) is 0 Å². The van der Waals surface area contributed by atoms with Crippen LogP contribution in [0.3, 0.4) is 0 Å². The van der Waals surface area contributed by atoms with E-state index in [1.807, 2.05) is 13.0 Å². The van der Waals surface area contributed by atoms with Crippen molar-refractivity contribution in [3.05, 3.63) is 41.5 Å². The summed E-state index contributed by atoms with van der Waals surface area (Å²) in [5, 5.41) is 0. The van der Waals surface area contributed by atoms with Crippen LogP contribution in [0.4, 0.5) is 0 Å². The Morgan fingerprint density at radius 3 is 2.53 bits per heavy atom. The lowest BCUT2D eigenvalue weighted by molar-refractivity contribution is -0.115. The molecule has 0 aromatic heterocycles. The number of rotatable bonds is 6. The molecule has 1 aliphatic carbocycles. The number of unbranched alkanes of at least 4 members (excludes halogenated alkanes) is 3. The first-order chi connectivity index (χ1) is 9.24. The van der Waals surface area contributed by atoms with E-state index in [2.05, 4.69) is 31.2 Å². The average molecular weight is 256 g/mol. The monoisotopic (exact) mass is 256 g/mol. The van der Waals surface area contributed by atoms with Gasteiger partial charge in [-0.3, -0.25) is 4.79 Å². The summed E-state index contributed by atoms with van der Waals surface area (Å²) in [6.07, 6.45) is 7.00. The standard InChI is InChI=1S/C18H24O/c1-3-4-5-7-12-16-13-17(19)14(2)18(16)15-10-8-6-9-11-15/h6,8-11,16H,3-5,7,12-13H2,1-2H3. The molecule has 0 aliphatic heterocycles. The minimum absolute atomic E-state index is 0.347. The minimum atomic E-state index is 0.347. The Kier molecular flexibility index (Phi) is 4.95. The van der Waals surface area contributed by atoms with Gasteiger partial charge in [0.2, 0.25) is 0 Å². The lowest BCUT2D eigenvalue weighted by atomic mass is 9.89. The third-order valence-corrected chi connectivity index (χ3v) is 4.15. The number of carbonyl (C=O) groups excluding carboxylic acids is 1. The van der Waals surface area contributed by atoms with E-state index in [1.54, 1.807) is 0 Å². The molecule has 1 heteroatoms. The molecule has 102 valence electrons. The van der Waals surface area contributed by atoms with Crippen molar-refractivity contribution in [2.75, 3.05) is 0 Å². The van der Waals surface area contributed by atoms with Gasteiger partial charge in [-0.05, 0) is 36.0 Å². The molecule has 1 aromatic carbocycles. The van der Waals surface area contributed by atoms with Gasteiger partial charge in [-0.2, -0.15) is 0 Å². The van der Waals surface area contributed by atoms with Crippen molar-refractivity contribution in [3.8, 4) is 0 Å². The van der Waals surface area contributed by atoms with Gasteiger partial charge in [0.1, 0.15) is 0 Å². The van der Waals surface area contributed by atoms with Gasteiger partial charge < -0.3 is 0 Å². The fourth-order valence-corrected chi connectivity index (χ4v) is 3.07. The Hall–Kier alpha value is -1.37. The lowest BCUT2D eigenvalue weighted by Gasteiger charge is -2.15. The van der Waals surface area contributed by atoms with Crippen molar-refractivity contribution in [2.24, 2.45) is 5.92 Å². The summed E-state index contributed by atoms with van der Waals surface area (Å²) in [6, 6.07) is 10.4. The summed E-state index contributed by atoms with van der Waals surface area (Å²) >= 11 is 0. The first-order valence-corrected chi connectivity index (χ1v) is 7.53. The third kappa shape index (κ3) is 3.34. The zero-order valence-electron chi connectivity index (χ0n) is 12.1. The SMILES string of the molecule is CCCCCCC1CC(=O)C(C)=C1c1ccccc1. The van der Waals surface area contributed by atoms with Crippen LogP contribution in [-0.4, -0.2) is 5.78 Å². The van der Waals surface area contributed by atoms with Gasteiger partial charge in [0, 0.05) is 6.42 Å². The van der Waals surface area contributed by atoms with Crippen molar-refractivity contribution < 1.29 is 4.79 Å². The predicted molar refractivity (Wildman–Crippen MR) is 80.9 cm³/mol. The van der Waals surface area contributed by atoms with Crippen LogP contribution in [0.1, 0.15) is 57.9 Å². The molecule has 0 saturated carbocycles. The van der Waals surface area contributed by atoms with Gasteiger partial charge in [0.05, 0.1) is 0 Å². The molecule has 2 rings (SSSR count). The Balaban J connectivity index is 2.10. The van der Waals surface area contributed by atoms with E-state index < -0.39 is 0 Å². The van der Waals surface area contributed by atoms with Crippen LogP contribution in [0, 0.1) is 5.92 Å². The summed E-state index contributed by atoms with van der Waals surface area (Å²) in [4.78, 5) is 12.0. The molecule has 1 unspecified atom stereocenters. The highest BCUT2D eigenvalue weighted by Crippen LogP contribution is 2.39. The number of Topliss-reactive ketones (excluding diaryl/α,β-unsaturated/α-hetero) is 1. The molecule has 0 fully saturated rings. The van der Waals surface area contributed by atoms with E-state index in [4.69, 9.17) is 0 Å². The summed E-state index contributed by atoms with van der Waals surface area (Å²) in [6.45, 7) is 4.23.